The average molecular weight is 617 g/mol. The largest absolute Gasteiger partial charge is 0.462 e. The fourth-order valence-electron chi connectivity index (χ4n) is 4.90. The Hall–Kier alpha value is -2.14. The van der Waals surface area contributed by atoms with Crippen molar-refractivity contribution in [2.75, 3.05) is 13.2 Å². The van der Waals surface area contributed by atoms with Gasteiger partial charge in [0.1, 0.15) is 6.61 Å². The van der Waals surface area contributed by atoms with Gasteiger partial charge in [-0.25, -0.2) is 0 Å². The number of rotatable bonds is 32. The second-order valence-corrected chi connectivity index (χ2v) is 11.9. The van der Waals surface area contributed by atoms with Crippen molar-refractivity contribution >= 4 is 11.9 Å². The summed E-state index contributed by atoms with van der Waals surface area (Å²) < 4.78 is 10.6. The Morgan fingerprint density at radius 1 is 0.545 bits per heavy atom. The maximum absolute atomic E-state index is 12.1. The van der Waals surface area contributed by atoms with E-state index in [-0.39, 0.29) is 25.2 Å². The van der Waals surface area contributed by atoms with Crippen molar-refractivity contribution in [2.45, 2.75) is 174 Å². The highest BCUT2D eigenvalue weighted by Gasteiger charge is 2.16. The van der Waals surface area contributed by atoms with E-state index in [1.165, 1.54) is 64.2 Å². The van der Waals surface area contributed by atoms with E-state index in [4.69, 9.17) is 9.47 Å². The summed E-state index contributed by atoms with van der Waals surface area (Å²) in [4.78, 5) is 24.2. The number of ether oxygens (including phenoxy) is 2. The number of allylic oxidation sites excluding steroid dienone is 8. The van der Waals surface area contributed by atoms with Gasteiger partial charge in [-0.2, -0.15) is 0 Å². The first-order chi connectivity index (χ1) is 21.6. The lowest BCUT2D eigenvalue weighted by Crippen LogP contribution is -2.28. The number of unbranched alkanes of at least 4 members (excludes halogenated alkanes) is 16. The van der Waals surface area contributed by atoms with Gasteiger partial charge in [0, 0.05) is 12.8 Å². The summed E-state index contributed by atoms with van der Waals surface area (Å²) in [5.74, 6) is -0.619. The predicted octanol–water partition coefficient (Wildman–Crippen LogP) is 11.1. The lowest BCUT2D eigenvalue weighted by atomic mass is 10.0. The van der Waals surface area contributed by atoms with E-state index in [1.54, 1.807) is 0 Å². The fraction of sp³-hybridized carbons (Fsp3) is 0.744. The molecule has 44 heavy (non-hydrogen) atoms. The first-order valence-electron chi connectivity index (χ1n) is 18.2. The number of hydrogen-bond donors (Lipinski definition) is 1. The quantitative estimate of drug-likeness (QED) is 0.0462. The van der Waals surface area contributed by atoms with Crippen LogP contribution in [0.1, 0.15) is 168 Å². The summed E-state index contributed by atoms with van der Waals surface area (Å²) in [6, 6.07) is 0. The Bertz CT molecular complexity index is 752. The molecule has 1 unspecified atom stereocenters. The lowest BCUT2D eigenvalue weighted by molar-refractivity contribution is -0.161. The van der Waals surface area contributed by atoms with Gasteiger partial charge in [0.15, 0.2) is 6.10 Å². The zero-order valence-corrected chi connectivity index (χ0v) is 28.7. The summed E-state index contributed by atoms with van der Waals surface area (Å²) in [5.41, 5.74) is 0. The summed E-state index contributed by atoms with van der Waals surface area (Å²) in [5, 5.41) is 9.52. The van der Waals surface area contributed by atoms with E-state index in [1.807, 2.05) is 0 Å². The first-order valence-corrected chi connectivity index (χ1v) is 18.2. The molecule has 0 saturated heterocycles. The van der Waals surface area contributed by atoms with Crippen molar-refractivity contribution in [3.8, 4) is 0 Å². The number of carbonyl (C=O) groups is 2. The van der Waals surface area contributed by atoms with E-state index in [0.29, 0.717) is 12.8 Å². The van der Waals surface area contributed by atoms with Crippen LogP contribution in [0.15, 0.2) is 48.6 Å². The molecule has 0 radical (unpaired) electrons. The minimum atomic E-state index is -0.778. The molecule has 0 aliphatic carbocycles. The minimum Gasteiger partial charge on any atom is -0.462 e. The Balaban J connectivity index is 3.63. The number of hydrogen-bond acceptors (Lipinski definition) is 5. The minimum absolute atomic E-state index is 0.0779. The summed E-state index contributed by atoms with van der Waals surface area (Å²) >= 11 is 0. The third-order valence-corrected chi connectivity index (χ3v) is 7.64. The molecule has 5 nitrogen and oxygen atoms in total. The maximum atomic E-state index is 12.1. The van der Waals surface area contributed by atoms with E-state index in [2.05, 4.69) is 62.5 Å². The van der Waals surface area contributed by atoms with Crippen molar-refractivity contribution in [1.82, 2.24) is 0 Å². The normalized spacial score (nSPS) is 12.7. The van der Waals surface area contributed by atoms with Crippen LogP contribution in [0.4, 0.5) is 0 Å². The van der Waals surface area contributed by atoms with Gasteiger partial charge in [-0.05, 0) is 51.4 Å². The van der Waals surface area contributed by atoms with Crippen LogP contribution >= 0.6 is 0 Å². The van der Waals surface area contributed by atoms with Gasteiger partial charge in [0.05, 0.1) is 6.61 Å². The first kappa shape index (κ1) is 41.9. The molecule has 0 aromatic carbocycles. The van der Waals surface area contributed by atoms with Crippen molar-refractivity contribution in [2.24, 2.45) is 0 Å². The molecule has 0 amide bonds. The lowest BCUT2D eigenvalue weighted by Gasteiger charge is -2.15. The molecule has 0 aromatic heterocycles. The number of carbonyl (C=O) groups excluding carboxylic acids is 2. The molecule has 1 N–H and O–H groups in total. The Morgan fingerprint density at radius 3 is 1.48 bits per heavy atom. The second kappa shape index (κ2) is 35.3. The van der Waals surface area contributed by atoms with Crippen LogP contribution in [0.5, 0.6) is 0 Å². The second-order valence-electron chi connectivity index (χ2n) is 11.9. The van der Waals surface area contributed by atoms with Crippen LogP contribution in [0.2, 0.25) is 0 Å². The third-order valence-electron chi connectivity index (χ3n) is 7.64. The molecule has 0 bridgehead atoms. The standard InChI is InChI=1S/C39H68O5/c1-3-5-7-9-11-13-15-17-18-19-20-22-23-25-27-29-31-33-38(41)43-36-37(35-40)44-39(42)34-32-30-28-26-24-21-16-14-12-10-8-6-4-2/h5,7,11,13,17-18,20,22,37,40H,3-4,6,8-10,12,14-16,19,21,23-36H2,1-2H3. The van der Waals surface area contributed by atoms with Crippen LogP contribution in [-0.2, 0) is 19.1 Å². The monoisotopic (exact) mass is 617 g/mol. The highest BCUT2D eigenvalue weighted by Crippen LogP contribution is 2.13. The van der Waals surface area contributed by atoms with Crippen LogP contribution in [0.3, 0.4) is 0 Å². The van der Waals surface area contributed by atoms with Gasteiger partial charge in [-0.15, -0.1) is 0 Å². The van der Waals surface area contributed by atoms with Crippen LogP contribution in [0, 0.1) is 0 Å². The van der Waals surface area contributed by atoms with Gasteiger partial charge in [-0.3, -0.25) is 9.59 Å². The molecular weight excluding hydrogens is 548 g/mol. The molecule has 5 heteroatoms. The Morgan fingerprint density at radius 2 is 0.977 bits per heavy atom. The molecule has 0 spiro atoms. The van der Waals surface area contributed by atoms with Gasteiger partial charge in [0.2, 0.25) is 0 Å². The smallest absolute Gasteiger partial charge is 0.306 e. The molecule has 254 valence electrons. The van der Waals surface area contributed by atoms with E-state index in [0.717, 1.165) is 77.0 Å². The number of aliphatic hydroxyl groups is 1. The van der Waals surface area contributed by atoms with Gasteiger partial charge >= 0.3 is 11.9 Å². The maximum Gasteiger partial charge on any atom is 0.306 e. The van der Waals surface area contributed by atoms with Crippen LogP contribution in [-0.4, -0.2) is 36.4 Å². The molecule has 0 aliphatic rings. The highest BCUT2D eigenvalue weighted by molar-refractivity contribution is 5.70. The zero-order valence-electron chi connectivity index (χ0n) is 28.7. The van der Waals surface area contributed by atoms with E-state index < -0.39 is 6.10 Å². The van der Waals surface area contributed by atoms with Crippen LogP contribution in [0.25, 0.3) is 0 Å². The summed E-state index contributed by atoms with van der Waals surface area (Å²) in [6.07, 6.45) is 43.0. The SMILES string of the molecule is CCC=CCC=CCC=CCC=CCCCCCCC(=O)OCC(CO)OC(=O)CCCCCCCCCCCCCCC. The van der Waals surface area contributed by atoms with E-state index in [9.17, 15) is 14.7 Å². The molecule has 0 aliphatic heterocycles. The molecular formula is C39H68O5. The van der Waals surface area contributed by atoms with Crippen molar-refractivity contribution < 1.29 is 24.2 Å². The molecule has 0 fully saturated rings. The van der Waals surface area contributed by atoms with E-state index >= 15 is 0 Å². The van der Waals surface area contributed by atoms with Crippen molar-refractivity contribution in [3.05, 3.63) is 48.6 Å². The van der Waals surface area contributed by atoms with Gasteiger partial charge in [0.25, 0.3) is 0 Å². The summed E-state index contributed by atoms with van der Waals surface area (Å²) in [7, 11) is 0. The zero-order chi connectivity index (χ0) is 32.2. The number of esters is 2. The van der Waals surface area contributed by atoms with Crippen molar-refractivity contribution in [3.63, 3.8) is 0 Å². The molecule has 0 saturated carbocycles. The Kier molecular flexibility index (Phi) is 33.6. The fourth-order valence-corrected chi connectivity index (χ4v) is 4.90. The van der Waals surface area contributed by atoms with Gasteiger partial charge < -0.3 is 14.6 Å². The molecule has 1 atom stereocenters. The highest BCUT2D eigenvalue weighted by atomic mass is 16.6. The average Bonchev–Trinajstić information content (AvgIpc) is 3.02. The van der Waals surface area contributed by atoms with Crippen LogP contribution < -0.4 is 0 Å². The topological polar surface area (TPSA) is 72.8 Å². The molecule has 0 rings (SSSR count). The van der Waals surface area contributed by atoms with Gasteiger partial charge in [-0.1, -0.05) is 152 Å². The third kappa shape index (κ3) is 32.8. The predicted molar refractivity (Wildman–Crippen MR) is 187 cm³/mol. The molecule has 0 aromatic rings. The molecule has 0 heterocycles. The summed E-state index contributed by atoms with van der Waals surface area (Å²) in [6.45, 7) is 3.99. The number of aliphatic hydroxyl groups excluding tert-OH is 1. The Labute approximate surface area is 271 Å². The van der Waals surface area contributed by atoms with Crippen molar-refractivity contribution in [1.29, 1.82) is 0 Å².